The molecule has 0 aromatic carbocycles. The number of hydrogen-bond acceptors (Lipinski definition) is 4. The quantitative estimate of drug-likeness (QED) is 0.544. The van der Waals surface area contributed by atoms with E-state index in [1.165, 1.54) is 6.92 Å². The molecule has 0 aliphatic carbocycles. The number of rotatable bonds is 7. The van der Waals surface area contributed by atoms with E-state index in [2.05, 4.69) is 10.6 Å². The van der Waals surface area contributed by atoms with E-state index in [1.807, 2.05) is 0 Å². The number of amides is 2. The number of carboxylic acid groups (broad SMARTS) is 2. The van der Waals surface area contributed by atoms with Gasteiger partial charge in [0.2, 0.25) is 0 Å². The van der Waals surface area contributed by atoms with Crippen LogP contribution in [0.5, 0.6) is 0 Å². The van der Waals surface area contributed by atoms with Crippen molar-refractivity contribution in [2.45, 2.75) is 52.6 Å². The third kappa shape index (κ3) is 7.28. The third-order valence-electron chi connectivity index (χ3n) is 2.78. The average Bonchev–Trinajstić information content (AvgIpc) is 2.28. The first-order valence-electron chi connectivity index (χ1n) is 6.47. The van der Waals surface area contributed by atoms with Gasteiger partial charge in [-0.05, 0) is 18.8 Å². The highest BCUT2D eigenvalue weighted by Gasteiger charge is 2.33. The van der Waals surface area contributed by atoms with E-state index in [1.54, 1.807) is 20.8 Å². The Hall–Kier alpha value is -2.12. The van der Waals surface area contributed by atoms with Crippen LogP contribution in [-0.4, -0.2) is 46.0 Å². The summed E-state index contributed by atoms with van der Waals surface area (Å²) in [7, 11) is 0. The molecule has 4 N–H and O–H groups in total. The number of hydrogen-bond donors (Lipinski definition) is 4. The van der Waals surface area contributed by atoms with Crippen LogP contribution in [0.3, 0.4) is 0 Å². The van der Waals surface area contributed by atoms with E-state index in [0.717, 1.165) is 0 Å². The normalized spacial score (nSPS) is 13.9. The number of carbonyl (C=O) groups excluding carboxylic acids is 2. The van der Waals surface area contributed by atoms with Gasteiger partial charge < -0.3 is 25.6 Å². The van der Waals surface area contributed by atoms with Crippen molar-refractivity contribution in [3.8, 4) is 0 Å². The second-order valence-electron chi connectivity index (χ2n) is 5.89. The first kappa shape index (κ1) is 18.9. The molecular formula is C13H22N2O6. The van der Waals surface area contributed by atoms with Crippen LogP contribution in [0.15, 0.2) is 0 Å². The van der Waals surface area contributed by atoms with Gasteiger partial charge in [0.25, 0.3) is 0 Å². The van der Waals surface area contributed by atoms with E-state index in [-0.39, 0.29) is 18.6 Å². The summed E-state index contributed by atoms with van der Waals surface area (Å²) in [6.07, 6.45) is -0.0375. The molecule has 8 heteroatoms. The van der Waals surface area contributed by atoms with Crippen LogP contribution >= 0.6 is 0 Å². The SMILES string of the molecule is CC(=O)CC[C@H](NC(=O)N[C@H](C(=O)O)C(C)(C)C)C(=O)O. The Morgan fingerprint density at radius 2 is 1.52 bits per heavy atom. The lowest BCUT2D eigenvalue weighted by atomic mass is 9.87. The predicted molar refractivity (Wildman–Crippen MR) is 73.9 cm³/mol. The van der Waals surface area contributed by atoms with Crippen LogP contribution in [0, 0.1) is 5.41 Å². The molecule has 0 aromatic rings. The van der Waals surface area contributed by atoms with Gasteiger partial charge in [0.15, 0.2) is 0 Å². The first-order chi connectivity index (χ1) is 9.45. The molecule has 0 saturated carbocycles. The van der Waals surface area contributed by atoms with Gasteiger partial charge in [-0.25, -0.2) is 14.4 Å². The minimum atomic E-state index is -1.28. The molecular weight excluding hydrogens is 280 g/mol. The fourth-order valence-electron chi connectivity index (χ4n) is 1.58. The zero-order chi connectivity index (χ0) is 16.8. The molecule has 0 aliphatic heterocycles. The fraction of sp³-hybridized carbons (Fsp3) is 0.692. The number of carboxylic acids is 2. The van der Waals surface area contributed by atoms with Crippen molar-refractivity contribution < 1.29 is 29.4 Å². The van der Waals surface area contributed by atoms with Crippen molar-refractivity contribution in [2.75, 3.05) is 0 Å². The molecule has 0 bridgehead atoms. The lowest BCUT2D eigenvalue weighted by Crippen LogP contribution is -2.55. The maximum atomic E-state index is 11.7. The zero-order valence-electron chi connectivity index (χ0n) is 12.6. The van der Waals surface area contributed by atoms with E-state index in [4.69, 9.17) is 10.2 Å². The highest BCUT2D eigenvalue weighted by molar-refractivity contribution is 5.86. The van der Waals surface area contributed by atoms with Crippen LogP contribution in [0.2, 0.25) is 0 Å². The molecule has 21 heavy (non-hydrogen) atoms. The van der Waals surface area contributed by atoms with E-state index < -0.39 is 35.5 Å². The van der Waals surface area contributed by atoms with Crippen LogP contribution in [-0.2, 0) is 14.4 Å². The van der Waals surface area contributed by atoms with Crippen LogP contribution in [0.25, 0.3) is 0 Å². The van der Waals surface area contributed by atoms with Crippen LogP contribution in [0.1, 0.15) is 40.5 Å². The molecule has 0 fully saturated rings. The van der Waals surface area contributed by atoms with Crippen LogP contribution in [0.4, 0.5) is 4.79 Å². The number of Topliss-reactive ketones (excluding diaryl/α,β-unsaturated/α-hetero) is 1. The summed E-state index contributed by atoms with van der Waals surface area (Å²) in [5, 5.41) is 22.4. The van der Waals surface area contributed by atoms with Gasteiger partial charge in [0.1, 0.15) is 17.9 Å². The molecule has 0 rings (SSSR count). The topological polar surface area (TPSA) is 133 Å². The summed E-state index contributed by atoms with van der Waals surface area (Å²) in [4.78, 5) is 44.7. The molecule has 0 spiro atoms. The van der Waals surface area contributed by atoms with Gasteiger partial charge >= 0.3 is 18.0 Å². The van der Waals surface area contributed by atoms with Crippen LogP contribution < -0.4 is 10.6 Å². The average molecular weight is 302 g/mol. The highest BCUT2D eigenvalue weighted by atomic mass is 16.4. The van der Waals surface area contributed by atoms with Gasteiger partial charge in [0.05, 0.1) is 0 Å². The monoisotopic (exact) mass is 302 g/mol. The Kier molecular flexibility index (Phi) is 6.84. The van der Waals surface area contributed by atoms with Crippen molar-refractivity contribution in [1.82, 2.24) is 10.6 Å². The largest absolute Gasteiger partial charge is 0.480 e. The molecule has 0 aromatic heterocycles. The Morgan fingerprint density at radius 3 is 1.86 bits per heavy atom. The zero-order valence-corrected chi connectivity index (χ0v) is 12.6. The Bertz CT molecular complexity index is 427. The van der Waals surface area contributed by atoms with Crippen molar-refractivity contribution in [3.05, 3.63) is 0 Å². The van der Waals surface area contributed by atoms with E-state index in [9.17, 15) is 19.2 Å². The Balaban J connectivity index is 4.72. The smallest absolute Gasteiger partial charge is 0.326 e. The fourth-order valence-corrected chi connectivity index (χ4v) is 1.58. The van der Waals surface area contributed by atoms with Crippen molar-refractivity contribution in [3.63, 3.8) is 0 Å². The number of urea groups is 1. The van der Waals surface area contributed by atoms with Crippen molar-refractivity contribution in [1.29, 1.82) is 0 Å². The predicted octanol–water partition coefficient (Wildman–Crippen LogP) is 0.607. The summed E-state index contributed by atoms with van der Waals surface area (Å²) in [5.41, 5.74) is -0.735. The maximum Gasteiger partial charge on any atom is 0.326 e. The molecule has 0 heterocycles. The number of aliphatic carboxylic acids is 2. The number of carbonyl (C=O) groups is 4. The summed E-state index contributed by atoms with van der Waals surface area (Å²) in [5.74, 6) is -2.69. The van der Waals surface area contributed by atoms with Crippen molar-refractivity contribution in [2.24, 2.45) is 5.41 Å². The molecule has 0 radical (unpaired) electrons. The van der Waals surface area contributed by atoms with Crippen molar-refractivity contribution >= 4 is 23.8 Å². The molecule has 2 atom stereocenters. The van der Waals surface area contributed by atoms with Gasteiger partial charge in [-0.2, -0.15) is 0 Å². The van der Waals surface area contributed by atoms with E-state index >= 15 is 0 Å². The molecule has 0 unspecified atom stereocenters. The van der Waals surface area contributed by atoms with Gasteiger partial charge in [-0.1, -0.05) is 20.8 Å². The Labute approximate surface area is 122 Å². The van der Waals surface area contributed by atoms with Gasteiger partial charge in [-0.3, -0.25) is 0 Å². The second kappa shape index (κ2) is 7.61. The summed E-state index contributed by atoms with van der Waals surface area (Å²) >= 11 is 0. The molecule has 0 saturated heterocycles. The van der Waals surface area contributed by atoms with Gasteiger partial charge in [0, 0.05) is 6.42 Å². The van der Waals surface area contributed by atoms with E-state index in [0.29, 0.717) is 0 Å². The number of ketones is 1. The third-order valence-corrected chi connectivity index (χ3v) is 2.78. The lowest BCUT2D eigenvalue weighted by molar-refractivity contribution is -0.142. The molecule has 120 valence electrons. The second-order valence-corrected chi connectivity index (χ2v) is 5.89. The summed E-state index contributed by atoms with van der Waals surface area (Å²) in [6, 6.07) is -3.31. The minimum Gasteiger partial charge on any atom is -0.480 e. The molecule has 0 aliphatic rings. The molecule has 2 amide bonds. The highest BCUT2D eigenvalue weighted by Crippen LogP contribution is 2.19. The minimum absolute atomic E-state index is 0.0128. The summed E-state index contributed by atoms with van der Waals surface area (Å²) < 4.78 is 0. The summed E-state index contributed by atoms with van der Waals surface area (Å²) in [6.45, 7) is 6.22. The maximum absolute atomic E-state index is 11.7. The van der Waals surface area contributed by atoms with Gasteiger partial charge in [-0.15, -0.1) is 0 Å². The number of nitrogens with one attached hydrogen (secondary N) is 2. The first-order valence-corrected chi connectivity index (χ1v) is 6.47. The Morgan fingerprint density at radius 1 is 1.00 bits per heavy atom. The molecule has 8 nitrogen and oxygen atoms in total. The lowest BCUT2D eigenvalue weighted by Gasteiger charge is -2.28. The standard InChI is InChI=1S/C13H22N2O6/c1-7(16)5-6-8(10(17)18)14-12(21)15-9(11(19)20)13(2,3)4/h8-9H,5-6H2,1-4H3,(H,17,18)(H,19,20)(H2,14,15,21)/t8-,9+/m0/s1.